The lowest BCUT2D eigenvalue weighted by molar-refractivity contribution is -0.128. The summed E-state index contributed by atoms with van der Waals surface area (Å²) >= 11 is 0. The fraction of sp³-hybridized carbons (Fsp3) is 0.393. The number of benzene rings is 1. The second-order valence-corrected chi connectivity index (χ2v) is 9.42. The third kappa shape index (κ3) is 5.31. The minimum Gasteiger partial charge on any atom is -0.347 e. The zero-order valence-corrected chi connectivity index (χ0v) is 19.1. The molecule has 2 atom stereocenters. The van der Waals surface area contributed by atoms with Crippen LogP contribution < -0.4 is 5.32 Å². The van der Waals surface area contributed by atoms with Crippen molar-refractivity contribution >= 4 is 5.91 Å². The van der Waals surface area contributed by atoms with Crippen molar-refractivity contribution in [1.82, 2.24) is 20.2 Å². The lowest BCUT2D eigenvalue weighted by Crippen LogP contribution is -2.45. The van der Waals surface area contributed by atoms with Crippen molar-refractivity contribution in [2.75, 3.05) is 13.1 Å². The largest absolute Gasteiger partial charge is 0.347 e. The molecule has 2 aromatic heterocycles. The molecule has 0 bridgehead atoms. The molecule has 3 heterocycles. The standard InChI is InChI=1S/C28H32N4O/c33-28(23-7-5-8-23)31-27(26-11-2-4-17-30-26)24-9-6-18-32(20-24)19-21-12-14-22(15-13-21)25-10-1-3-16-29-25/h1-4,10-17,23-24,27H,5-9,18-20H2,(H,31,33)/t24-,27-/m1/s1. The molecule has 0 radical (unpaired) electrons. The lowest BCUT2D eigenvalue weighted by Gasteiger charge is -2.38. The average Bonchev–Trinajstić information content (AvgIpc) is 2.83. The highest BCUT2D eigenvalue weighted by Gasteiger charge is 2.33. The number of nitrogens with zero attached hydrogens (tertiary/aromatic N) is 3. The first kappa shape index (κ1) is 21.8. The number of carbonyl (C=O) groups excluding carboxylic acids is 1. The number of aromatic nitrogens is 2. The zero-order valence-electron chi connectivity index (χ0n) is 19.1. The van der Waals surface area contributed by atoms with Gasteiger partial charge in [-0.15, -0.1) is 0 Å². The summed E-state index contributed by atoms with van der Waals surface area (Å²) in [5.41, 5.74) is 4.44. The Bertz CT molecular complexity index is 1030. The van der Waals surface area contributed by atoms with E-state index in [0.717, 1.165) is 62.3 Å². The summed E-state index contributed by atoms with van der Waals surface area (Å²) < 4.78 is 0. The van der Waals surface area contributed by atoms with Crippen LogP contribution in [0.4, 0.5) is 0 Å². The van der Waals surface area contributed by atoms with E-state index in [9.17, 15) is 4.79 Å². The molecule has 5 nitrogen and oxygen atoms in total. The Hall–Kier alpha value is -3.05. The minimum atomic E-state index is -0.0198. The molecule has 1 aliphatic carbocycles. The number of piperidine rings is 1. The Morgan fingerprint density at radius 3 is 2.39 bits per heavy atom. The van der Waals surface area contributed by atoms with Crippen LogP contribution >= 0.6 is 0 Å². The van der Waals surface area contributed by atoms with Crippen molar-refractivity contribution in [3.8, 4) is 11.3 Å². The third-order valence-electron chi connectivity index (χ3n) is 7.11. The van der Waals surface area contributed by atoms with E-state index in [1.807, 2.05) is 42.7 Å². The summed E-state index contributed by atoms with van der Waals surface area (Å²) in [4.78, 5) is 24.4. The summed E-state index contributed by atoms with van der Waals surface area (Å²) in [5.74, 6) is 0.762. The average molecular weight is 441 g/mol. The van der Waals surface area contributed by atoms with Crippen molar-refractivity contribution in [2.24, 2.45) is 11.8 Å². The minimum absolute atomic E-state index is 0.0198. The van der Waals surface area contributed by atoms with Gasteiger partial charge in [0.1, 0.15) is 0 Å². The van der Waals surface area contributed by atoms with Gasteiger partial charge >= 0.3 is 0 Å². The van der Waals surface area contributed by atoms with E-state index in [-0.39, 0.29) is 17.9 Å². The van der Waals surface area contributed by atoms with Crippen LogP contribution in [0, 0.1) is 11.8 Å². The molecule has 1 saturated heterocycles. The Balaban J connectivity index is 1.26. The van der Waals surface area contributed by atoms with Crippen LogP contribution in [-0.4, -0.2) is 33.9 Å². The Morgan fingerprint density at radius 2 is 1.73 bits per heavy atom. The summed E-state index contributed by atoms with van der Waals surface area (Å²) in [6.07, 6.45) is 9.13. The summed E-state index contributed by atoms with van der Waals surface area (Å²) in [5, 5.41) is 3.38. The molecule has 2 fully saturated rings. The normalized spacial score (nSPS) is 20.1. The van der Waals surface area contributed by atoms with Gasteiger partial charge < -0.3 is 5.32 Å². The van der Waals surface area contributed by atoms with E-state index >= 15 is 0 Å². The monoisotopic (exact) mass is 440 g/mol. The van der Waals surface area contributed by atoms with Gasteiger partial charge in [0.25, 0.3) is 0 Å². The molecular weight excluding hydrogens is 408 g/mol. The maximum Gasteiger partial charge on any atom is 0.223 e. The van der Waals surface area contributed by atoms with Gasteiger partial charge in [-0.25, -0.2) is 0 Å². The highest BCUT2D eigenvalue weighted by Crippen LogP contribution is 2.32. The molecule has 5 heteroatoms. The Morgan fingerprint density at radius 1 is 0.939 bits per heavy atom. The molecular formula is C28H32N4O. The fourth-order valence-corrected chi connectivity index (χ4v) is 5.01. The van der Waals surface area contributed by atoms with Crippen LogP contribution in [0.1, 0.15) is 49.4 Å². The zero-order chi connectivity index (χ0) is 22.5. The molecule has 1 N–H and O–H groups in total. The third-order valence-corrected chi connectivity index (χ3v) is 7.11. The van der Waals surface area contributed by atoms with Gasteiger partial charge in [0.15, 0.2) is 0 Å². The van der Waals surface area contributed by atoms with E-state index in [1.54, 1.807) is 0 Å². The van der Waals surface area contributed by atoms with Crippen LogP contribution in [0.2, 0.25) is 0 Å². The van der Waals surface area contributed by atoms with Gasteiger partial charge in [-0.2, -0.15) is 0 Å². The number of likely N-dealkylation sites (tertiary alicyclic amines) is 1. The van der Waals surface area contributed by atoms with Crippen molar-refractivity contribution in [3.05, 3.63) is 84.3 Å². The Labute approximate surface area is 196 Å². The first-order chi connectivity index (χ1) is 16.3. The molecule has 170 valence electrons. The van der Waals surface area contributed by atoms with Crippen LogP contribution in [0.25, 0.3) is 11.3 Å². The second-order valence-electron chi connectivity index (χ2n) is 9.42. The molecule has 1 aliphatic heterocycles. The summed E-state index contributed by atoms with van der Waals surface area (Å²) in [6, 6.07) is 20.7. The number of amides is 1. The molecule has 1 amide bonds. The molecule has 0 unspecified atom stereocenters. The number of nitrogens with one attached hydrogen (secondary N) is 1. The number of hydrogen-bond acceptors (Lipinski definition) is 4. The molecule has 1 saturated carbocycles. The number of rotatable bonds is 7. The highest BCUT2D eigenvalue weighted by molar-refractivity contribution is 5.79. The molecule has 5 rings (SSSR count). The fourth-order valence-electron chi connectivity index (χ4n) is 5.01. The second kappa shape index (κ2) is 10.3. The van der Waals surface area contributed by atoms with Gasteiger partial charge in [-0.3, -0.25) is 19.7 Å². The quantitative estimate of drug-likeness (QED) is 0.561. The van der Waals surface area contributed by atoms with Crippen molar-refractivity contribution in [3.63, 3.8) is 0 Å². The number of pyridine rings is 2. The molecule has 33 heavy (non-hydrogen) atoms. The maximum absolute atomic E-state index is 12.8. The molecule has 2 aliphatic rings. The van der Waals surface area contributed by atoms with E-state index in [0.29, 0.717) is 5.92 Å². The molecule has 3 aromatic rings. The lowest BCUT2D eigenvalue weighted by atomic mass is 9.83. The van der Waals surface area contributed by atoms with Gasteiger partial charge in [0, 0.05) is 37.0 Å². The van der Waals surface area contributed by atoms with Gasteiger partial charge in [0.2, 0.25) is 5.91 Å². The van der Waals surface area contributed by atoms with E-state index in [4.69, 9.17) is 0 Å². The topological polar surface area (TPSA) is 58.1 Å². The maximum atomic E-state index is 12.8. The van der Waals surface area contributed by atoms with Crippen molar-refractivity contribution in [2.45, 2.75) is 44.7 Å². The van der Waals surface area contributed by atoms with Gasteiger partial charge in [0.05, 0.1) is 17.4 Å². The van der Waals surface area contributed by atoms with Crippen molar-refractivity contribution < 1.29 is 4.79 Å². The van der Waals surface area contributed by atoms with Gasteiger partial charge in [-0.05, 0) is 68.0 Å². The first-order valence-electron chi connectivity index (χ1n) is 12.2. The van der Waals surface area contributed by atoms with Crippen molar-refractivity contribution in [1.29, 1.82) is 0 Å². The highest BCUT2D eigenvalue weighted by atomic mass is 16.2. The molecule has 0 spiro atoms. The molecule has 1 aromatic carbocycles. The Kier molecular flexibility index (Phi) is 6.77. The predicted molar refractivity (Wildman–Crippen MR) is 130 cm³/mol. The van der Waals surface area contributed by atoms with E-state index in [2.05, 4.69) is 50.5 Å². The SMILES string of the molecule is O=C(N[C@@H](c1ccccn1)[C@@H]1CCCN(Cc2ccc(-c3ccccn3)cc2)C1)C1CCC1. The predicted octanol–water partition coefficient (Wildman–Crippen LogP) is 5.01. The van der Waals surface area contributed by atoms with E-state index in [1.165, 1.54) is 12.0 Å². The van der Waals surface area contributed by atoms with Crippen LogP contribution in [-0.2, 0) is 11.3 Å². The summed E-state index contributed by atoms with van der Waals surface area (Å²) in [7, 11) is 0. The number of carbonyl (C=O) groups is 1. The van der Waals surface area contributed by atoms with Crippen LogP contribution in [0.15, 0.2) is 73.1 Å². The first-order valence-corrected chi connectivity index (χ1v) is 12.2. The summed E-state index contributed by atoms with van der Waals surface area (Å²) in [6.45, 7) is 2.97. The number of hydrogen-bond donors (Lipinski definition) is 1. The van der Waals surface area contributed by atoms with Crippen LogP contribution in [0.5, 0.6) is 0 Å². The van der Waals surface area contributed by atoms with Gasteiger partial charge in [-0.1, -0.05) is 42.8 Å². The van der Waals surface area contributed by atoms with E-state index < -0.39 is 0 Å². The smallest absolute Gasteiger partial charge is 0.223 e. The van der Waals surface area contributed by atoms with Crippen LogP contribution in [0.3, 0.4) is 0 Å².